The Morgan fingerprint density at radius 1 is 1.48 bits per heavy atom. The van der Waals surface area contributed by atoms with Crippen LogP contribution in [0.1, 0.15) is 41.9 Å². The number of amides is 1. The molecule has 1 amide bonds. The third-order valence-corrected chi connectivity index (χ3v) is 4.47. The summed E-state index contributed by atoms with van der Waals surface area (Å²) < 4.78 is 6.93. The smallest absolute Gasteiger partial charge is 0.354 e. The molecule has 6 heteroatoms. The van der Waals surface area contributed by atoms with Crippen LogP contribution in [0.15, 0.2) is 18.2 Å². The van der Waals surface area contributed by atoms with Gasteiger partial charge in [-0.25, -0.2) is 4.79 Å². The van der Waals surface area contributed by atoms with E-state index in [1.165, 1.54) is 0 Å². The Kier molecular flexibility index (Phi) is 2.91. The van der Waals surface area contributed by atoms with E-state index in [-0.39, 0.29) is 18.4 Å². The Bertz CT molecular complexity index is 887. The van der Waals surface area contributed by atoms with Crippen LogP contribution >= 0.6 is 0 Å². The van der Waals surface area contributed by atoms with E-state index in [0.717, 1.165) is 23.7 Å². The number of benzene rings is 1. The maximum Gasteiger partial charge on any atom is 0.354 e. The lowest BCUT2D eigenvalue weighted by Gasteiger charge is -2.27. The van der Waals surface area contributed by atoms with E-state index < -0.39 is 12.0 Å². The lowest BCUT2D eigenvalue weighted by molar-refractivity contribution is -0.120. The lowest BCUT2D eigenvalue weighted by Crippen LogP contribution is -2.33. The van der Waals surface area contributed by atoms with Gasteiger partial charge in [-0.05, 0) is 37.8 Å². The van der Waals surface area contributed by atoms with Gasteiger partial charge in [-0.15, -0.1) is 0 Å². The summed E-state index contributed by atoms with van der Waals surface area (Å²) >= 11 is 0. The molecule has 4 rings (SSSR count). The summed E-state index contributed by atoms with van der Waals surface area (Å²) in [6.07, 6.45) is 1.93. The van der Waals surface area contributed by atoms with Crippen molar-refractivity contribution in [2.24, 2.45) is 5.92 Å². The fourth-order valence-corrected chi connectivity index (χ4v) is 3.34. The van der Waals surface area contributed by atoms with Crippen LogP contribution in [0.3, 0.4) is 0 Å². The van der Waals surface area contributed by atoms with Gasteiger partial charge >= 0.3 is 5.97 Å². The van der Waals surface area contributed by atoms with Crippen LogP contribution in [0, 0.1) is 17.2 Å². The fraction of sp³-hybridized carbons (Fsp3) is 0.353. The highest BCUT2D eigenvalue weighted by atomic mass is 16.5. The van der Waals surface area contributed by atoms with Gasteiger partial charge in [0.25, 0.3) is 0 Å². The van der Waals surface area contributed by atoms with Crippen LogP contribution in [0.4, 0.5) is 5.69 Å². The molecular formula is C17H15N3O3. The molecule has 0 radical (unpaired) electrons. The topological polar surface area (TPSA) is 84.1 Å². The number of hydrogen-bond acceptors (Lipinski definition) is 4. The molecule has 1 aromatic heterocycles. The number of aromatic nitrogens is 1. The molecule has 1 saturated carbocycles. The van der Waals surface area contributed by atoms with Gasteiger partial charge in [-0.2, -0.15) is 5.26 Å². The number of ether oxygens (including phenoxy) is 1. The molecule has 2 heterocycles. The van der Waals surface area contributed by atoms with Gasteiger partial charge < -0.3 is 14.6 Å². The quantitative estimate of drug-likeness (QED) is 0.883. The van der Waals surface area contributed by atoms with E-state index >= 15 is 0 Å². The predicted molar refractivity (Wildman–Crippen MR) is 83.0 cm³/mol. The molecule has 1 aromatic carbocycles. The van der Waals surface area contributed by atoms with Gasteiger partial charge in [0.05, 0.1) is 23.4 Å². The highest BCUT2D eigenvalue weighted by molar-refractivity contribution is 6.11. The molecule has 2 aliphatic rings. The van der Waals surface area contributed by atoms with Crippen molar-refractivity contribution in [1.29, 1.82) is 5.26 Å². The number of carbonyl (C=O) groups is 2. The second-order valence-corrected chi connectivity index (χ2v) is 5.93. The molecule has 116 valence electrons. The monoisotopic (exact) mass is 309 g/mol. The number of rotatable bonds is 3. The van der Waals surface area contributed by atoms with Crippen molar-refractivity contribution >= 4 is 28.5 Å². The molecular weight excluding hydrogens is 294 g/mol. The van der Waals surface area contributed by atoms with E-state index in [2.05, 4.69) is 11.4 Å². The van der Waals surface area contributed by atoms with Crippen molar-refractivity contribution < 1.29 is 14.3 Å². The zero-order chi connectivity index (χ0) is 16.1. The van der Waals surface area contributed by atoms with Gasteiger partial charge in [0.15, 0.2) is 0 Å². The largest absolute Gasteiger partial charge is 0.461 e. The number of hydrogen-bond donors (Lipinski definition) is 1. The lowest BCUT2D eigenvalue weighted by atomic mass is 10.0. The normalized spacial score (nSPS) is 19.3. The molecule has 1 atom stereocenters. The molecule has 23 heavy (non-hydrogen) atoms. The Labute approximate surface area is 132 Å². The third kappa shape index (κ3) is 1.93. The molecule has 1 unspecified atom stereocenters. The average Bonchev–Trinajstić information content (AvgIpc) is 3.29. The Morgan fingerprint density at radius 2 is 2.26 bits per heavy atom. The first-order chi connectivity index (χ1) is 11.2. The van der Waals surface area contributed by atoms with E-state index in [1.807, 2.05) is 0 Å². The standard InChI is InChI=1S/C17H15N3O3/c1-2-23-17(22)12-7-10-5-6-11(8-18)13-14(10)20(12)15(9-3-4-9)16(21)19-13/h5-7,9,15H,2-4H2,1H3,(H,19,21). The number of nitrogens with zero attached hydrogens (tertiary/aromatic N) is 2. The van der Waals surface area contributed by atoms with Crippen LogP contribution in [-0.4, -0.2) is 23.1 Å². The number of nitrogens with one attached hydrogen (secondary N) is 1. The zero-order valence-electron chi connectivity index (χ0n) is 12.6. The molecule has 0 saturated heterocycles. The summed E-state index contributed by atoms with van der Waals surface area (Å²) in [6.45, 7) is 2.03. The van der Waals surface area contributed by atoms with E-state index in [0.29, 0.717) is 16.9 Å². The summed E-state index contributed by atoms with van der Waals surface area (Å²) in [5.74, 6) is -0.364. The highest BCUT2D eigenvalue weighted by Crippen LogP contribution is 2.46. The summed E-state index contributed by atoms with van der Waals surface area (Å²) in [6, 6.07) is 6.90. The molecule has 2 aromatic rings. The Morgan fingerprint density at radius 3 is 2.91 bits per heavy atom. The Balaban J connectivity index is 2.03. The number of carbonyl (C=O) groups excluding carboxylic acids is 2. The number of esters is 1. The first-order valence-corrected chi connectivity index (χ1v) is 7.71. The maximum atomic E-state index is 12.6. The summed E-state index contributed by atoms with van der Waals surface area (Å²) in [5.41, 5.74) is 2.01. The van der Waals surface area contributed by atoms with Gasteiger partial charge in [-0.1, -0.05) is 6.07 Å². The molecule has 6 nitrogen and oxygen atoms in total. The minimum Gasteiger partial charge on any atom is -0.461 e. The van der Waals surface area contributed by atoms with Gasteiger partial charge in [0.1, 0.15) is 17.8 Å². The molecule has 0 bridgehead atoms. The summed E-state index contributed by atoms with van der Waals surface area (Å²) in [4.78, 5) is 24.9. The second-order valence-electron chi connectivity index (χ2n) is 5.93. The molecule has 1 aliphatic carbocycles. The minimum atomic E-state index is -0.437. The molecule has 1 N–H and O–H groups in total. The first kappa shape index (κ1) is 13.8. The van der Waals surface area contributed by atoms with Gasteiger partial charge in [-0.3, -0.25) is 4.79 Å². The van der Waals surface area contributed by atoms with E-state index in [1.54, 1.807) is 29.7 Å². The van der Waals surface area contributed by atoms with Crippen LogP contribution in [0.25, 0.3) is 10.9 Å². The van der Waals surface area contributed by atoms with Crippen LogP contribution in [-0.2, 0) is 9.53 Å². The van der Waals surface area contributed by atoms with Gasteiger partial charge in [0, 0.05) is 5.39 Å². The average molecular weight is 309 g/mol. The molecule has 1 aliphatic heterocycles. The van der Waals surface area contributed by atoms with E-state index in [9.17, 15) is 14.9 Å². The van der Waals surface area contributed by atoms with Crippen molar-refractivity contribution in [2.75, 3.05) is 11.9 Å². The predicted octanol–water partition coefficient (Wildman–Crippen LogP) is 2.59. The Hall–Kier alpha value is -2.81. The van der Waals surface area contributed by atoms with Crippen LogP contribution < -0.4 is 5.32 Å². The van der Waals surface area contributed by atoms with Gasteiger partial charge in [0.2, 0.25) is 5.91 Å². The number of nitriles is 1. The van der Waals surface area contributed by atoms with Crippen LogP contribution in [0.5, 0.6) is 0 Å². The van der Waals surface area contributed by atoms with Crippen molar-refractivity contribution in [2.45, 2.75) is 25.8 Å². The SMILES string of the molecule is CCOC(=O)c1cc2ccc(C#N)c3c2n1C(C1CC1)C(=O)N3. The van der Waals surface area contributed by atoms with Crippen molar-refractivity contribution in [1.82, 2.24) is 4.57 Å². The number of anilines is 1. The molecule has 1 fully saturated rings. The summed E-state index contributed by atoms with van der Waals surface area (Å²) in [7, 11) is 0. The van der Waals surface area contributed by atoms with E-state index in [4.69, 9.17) is 4.74 Å². The zero-order valence-corrected chi connectivity index (χ0v) is 12.6. The summed E-state index contributed by atoms with van der Waals surface area (Å²) in [5, 5.41) is 13.0. The maximum absolute atomic E-state index is 12.6. The fourth-order valence-electron chi connectivity index (χ4n) is 3.34. The minimum absolute atomic E-state index is 0.161. The van der Waals surface area contributed by atoms with Crippen molar-refractivity contribution in [3.8, 4) is 6.07 Å². The highest BCUT2D eigenvalue weighted by Gasteiger charge is 2.43. The van der Waals surface area contributed by atoms with Crippen molar-refractivity contribution in [3.05, 3.63) is 29.5 Å². The molecule has 0 spiro atoms. The van der Waals surface area contributed by atoms with Crippen molar-refractivity contribution in [3.63, 3.8) is 0 Å². The van der Waals surface area contributed by atoms with Crippen LogP contribution in [0.2, 0.25) is 0 Å². The second kappa shape index (κ2) is 4.85. The first-order valence-electron chi connectivity index (χ1n) is 7.71. The third-order valence-electron chi connectivity index (χ3n) is 4.47.